The van der Waals surface area contributed by atoms with E-state index in [4.69, 9.17) is 4.74 Å². The highest BCUT2D eigenvalue weighted by atomic mass is 19.1. The van der Waals surface area contributed by atoms with E-state index in [1.807, 2.05) is 0 Å². The van der Waals surface area contributed by atoms with Crippen LogP contribution in [0.25, 0.3) is 0 Å². The maximum absolute atomic E-state index is 13.6. The van der Waals surface area contributed by atoms with Gasteiger partial charge in [-0.1, -0.05) is 20.3 Å². The van der Waals surface area contributed by atoms with Gasteiger partial charge in [-0.2, -0.15) is 0 Å². The summed E-state index contributed by atoms with van der Waals surface area (Å²) in [6.07, 6.45) is 4.77. The van der Waals surface area contributed by atoms with E-state index in [0.717, 1.165) is 30.2 Å². The van der Waals surface area contributed by atoms with Crippen molar-refractivity contribution >= 4 is 0 Å². The molecule has 0 aromatic heterocycles. The normalized spacial score (nSPS) is 23.8. The fourth-order valence-electron chi connectivity index (χ4n) is 3.33. The Balaban J connectivity index is 2.27. The second-order valence-electron chi connectivity index (χ2n) is 6.00. The van der Waals surface area contributed by atoms with Gasteiger partial charge < -0.3 is 10.1 Å². The molecule has 1 saturated carbocycles. The van der Waals surface area contributed by atoms with Crippen LogP contribution in [0.15, 0.2) is 18.2 Å². The number of hydrogen-bond donors (Lipinski definition) is 1. The van der Waals surface area contributed by atoms with Gasteiger partial charge in [0, 0.05) is 11.6 Å². The summed E-state index contributed by atoms with van der Waals surface area (Å²) in [5.41, 5.74) is 0.972. The van der Waals surface area contributed by atoms with Crippen LogP contribution in [0.4, 0.5) is 4.39 Å². The van der Waals surface area contributed by atoms with Gasteiger partial charge in [-0.3, -0.25) is 0 Å². The number of nitrogens with one attached hydrogen (secondary N) is 1. The van der Waals surface area contributed by atoms with E-state index < -0.39 is 0 Å². The van der Waals surface area contributed by atoms with Gasteiger partial charge in [-0.15, -0.1) is 0 Å². The lowest BCUT2D eigenvalue weighted by molar-refractivity contribution is 0.338. The van der Waals surface area contributed by atoms with Gasteiger partial charge in [0.05, 0.1) is 7.11 Å². The molecule has 20 heavy (non-hydrogen) atoms. The largest absolute Gasteiger partial charge is 0.496 e. The molecule has 112 valence electrons. The summed E-state index contributed by atoms with van der Waals surface area (Å²) in [5, 5.41) is 3.60. The fraction of sp³-hybridized carbons (Fsp3) is 0.647. The minimum atomic E-state index is -0.185. The maximum Gasteiger partial charge on any atom is 0.123 e. The van der Waals surface area contributed by atoms with Crippen LogP contribution in [0, 0.1) is 17.7 Å². The van der Waals surface area contributed by atoms with Crippen molar-refractivity contribution < 1.29 is 9.13 Å². The molecule has 1 aliphatic carbocycles. The van der Waals surface area contributed by atoms with Gasteiger partial charge in [0.1, 0.15) is 11.6 Å². The standard InChI is InChI=1S/C17H26FNO/c1-4-9-19-17(13-6-5-12(2)10-13)15-11-14(18)7-8-16(15)20-3/h7-8,11-13,17,19H,4-6,9-10H2,1-3H3. The van der Waals surface area contributed by atoms with E-state index in [2.05, 4.69) is 19.2 Å². The molecule has 0 amide bonds. The van der Waals surface area contributed by atoms with Crippen molar-refractivity contribution in [1.82, 2.24) is 5.32 Å². The minimum Gasteiger partial charge on any atom is -0.496 e. The van der Waals surface area contributed by atoms with Crippen molar-refractivity contribution in [2.45, 2.75) is 45.6 Å². The van der Waals surface area contributed by atoms with E-state index in [-0.39, 0.29) is 11.9 Å². The monoisotopic (exact) mass is 279 g/mol. The Bertz CT molecular complexity index is 435. The first kappa shape index (κ1) is 15.3. The molecule has 0 radical (unpaired) electrons. The Kier molecular flexibility index (Phi) is 5.41. The third-order valence-corrected chi connectivity index (χ3v) is 4.35. The number of halogens is 1. The minimum absolute atomic E-state index is 0.185. The van der Waals surface area contributed by atoms with Crippen LogP contribution in [-0.4, -0.2) is 13.7 Å². The molecule has 3 atom stereocenters. The molecule has 0 heterocycles. The van der Waals surface area contributed by atoms with Crippen molar-refractivity contribution in [3.05, 3.63) is 29.6 Å². The third-order valence-electron chi connectivity index (χ3n) is 4.35. The topological polar surface area (TPSA) is 21.3 Å². The summed E-state index contributed by atoms with van der Waals surface area (Å²) in [6, 6.07) is 5.04. The van der Waals surface area contributed by atoms with E-state index in [9.17, 15) is 4.39 Å². The Morgan fingerprint density at radius 1 is 1.40 bits per heavy atom. The first-order valence-electron chi connectivity index (χ1n) is 7.72. The molecular formula is C17H26FNO. The van der Waals surface area contributed by atoms with Crippen molar-refractivity contribution in [2.75, 3.05) is 13.7 Å². The molecule has 0 saturated heterocycles. The van der Waals surface area contributed by atoms with Crippen LogP contribution in [0.1, 0.15) is 51.1 Å². The number of hydrogen-bond acceptors (Lipinski definition) is 2. The van der Waals surface area contributed by atoms with Crippen molar-refractivity contribution in [3.63, 3.8) is 0 Å². The molecule has 2 nitrogen and oxygen atoms in total. The fourth-order valence-corrected chi connectivity index (χ4v) is 3.33. The second kappa shape index (κ2) is 7.07. The summed E-state index contributed by atoms with van der Waals surface area (Å²) in [7, 11) is 1.66. The first-order valence-corrected chi connectivity index (χ1v) is 7.72. The number of rotatable bonds is 6. The highest BCUT2D eigenvalue weighted by molar-refractivity contribution is 5.37. The third kappa shape index (κ3) is 3.51. The van der Waals surface area contributed by atoms with E-state index in [1.54, 1.807) is 19.2 Å². The first-order chi connectivity index (χ1) is 9.65. The molecule has 0 spiro atoms. The van der Waals surface area contributed by atoms with Gasteiger partial charge in [0.2, 0.25) is 0 Å². The SMILES string of the molecule is CCCNC(c1cc(F)ccc1OC)C1CCC(C)C1. The van der Waals surface area contributed by atoms with E-state index in [0.29, 0.717) is 5.92 Å². The quantitative estimate of drug-likeness (QED) is 0.837. The summed E-state index contributed by atoms with van der Waals surface area (Å²) >= 11 is 0. The van der Waals surface area contributed by atoms with Crippen molar-refractivity contribution in [1.29, 1.82) is 0 Å². The Morgan fingerprint density at radius 2 is 2.20 bits per heavy atom. The predicted octanol–water partition coefficient (Wildman–Crippen LogP) is 4.31. The summed E-state index contributed by atoms with van der Waals surface area (Å²) in [4.78, 5) is 0. The molecule has 1 aromatic rings. The molecule has 3 heteroatoms. The molecule has 1 aliphatic rings. The number of methoxy groups -OCH3 is 1. The number of ether oxygens (including phenoxy) is 1. The Labute approximate surface area is 121 Å². The molecular weight excluding hydrogens is 253 g/mol. The molecule has 1 aromatic carbocycles. The van der Waals surface area contributed by atoms with Gasteiger partial charge in [-0.05, 0) is 55.8 Å². The molecule has 0 bridgehead atoms. The lowest BCUT2D eigenvalue weighted by Gasteiger charge is -2.27. The van der Waals surface area contributed by atoms with E-state index >= 15 is 0 Å². The molecule has 2 rings (SSSR count). The molecule has 1 N–H and O–H groups in total. The van der Waals surface area contributed by atoms with E-state index in [1.165, 1.54) is 25.3 Å². The number of benzene rings is 1. The average molecular weight is 279 g/mol. The Morgan fingerprint density at radius 3 is 2.80 bits per heavy atom. The van der Waals surface area contributed by atoms with Gasteiger partial charge in [0.25, 0.3) is 0 Å². The van der Waals surface area contributed by atoms with Gasteiger partial charge >= 0.3 is 0 Å². The Hall–Kier alpha value is -1.09. The zero-order chi connectivity index (χ0) is 14.5. The molecule has 3 unspecified atom stereocenters. The average Bonchev–Trinajstić information content (AvgIpc) is 2.86. The van der Waals surface area contributed by atoms with Crippen LogP contribution in [0.5, 0.6) is 5.75 Å². The van der Waals surface area contributed by atoms with Crippen molar-refractivity contribution in [3.8, 4) is 5.75 Å². The van der Waals surface area contributed by atoms with Crippen LogP contribution in [-0.2, 0) is 0 Å². The summed E-state index contributed by atoms with van der Waals surface area (Å²) in [5.74, 6) is 1.95. The smallest absolute Gasteiger partial charge is 0.123 e. The zero-order valence-corrected chi connectivity index (χ0v) is 12.8. The summed E-state index contributed by atoms with van der Waals surface area (Å²) < 4.78 is 19.1. The highest BCUT2D eigenvalue weighted by Crippen LogP contribution is 2.41. The van der Waals surface area contributed by atoms with Crippen LogP contribution in [0.2, 0.25) is 0 Å². The van der Waals surface area contributed by atoms with Gasteiger partial charge in [0.15, 0.2) is 0 Å². The predicted molar refractivity (Wildman–Crippen MR) is 80.5 cm³/mol. The van der Waals surface area contributed by atoms with Crippen LogP contribution >= 0.6 is 0 Å². The zero-order valence-electron chi connectivity index (χ0n) is 12.8. The van der Waals surface area contributed by atoms with Crippen LogP contribution in [0.3, 0.4) is 0 Å². The maximum atomic E-state index is 13.6. The molecule has 1 fully saturated rings. The second-order valence-corrected chi connectivity index (χ2v) is 6.00. The highest BCUT2D eigenvalue weighted by Gasteiger charge is 2.31. The van der Waals surface area contributed by atoms with Crippen LogP contribution < -0.4 is 10.1 Å². The summed E-state index contributed by atoms with van der Waals surface area (Å²) in [6.45, 7) is 5.42. The van der Waals surface area contributed by atoms with Crippen molar-refractivity contribution in [2.24, 2.45) is 11.8 Å². The molecule has 0 aliphatic heterocycles. The van der Waals surface area contributed by atoms with Gasteiger partial charge in [-0.25, -0.2) is 4.39 Å². The lowest BCUT2D eigenvalue weighted by Crippen LogP contribution is -2.28. The lowest BCUT2D eigenvalue weighted by atomic mass is 9.90.